The number of para-hydroxylation sites is 1. The number of fused-ring (bicyclic) bond motifs is 3. The maximum absolute atomic E-state index is 6.54. The van der Waals surface area contributed by atoms with Crippen molar-refractivity contribution in [2.24, 2.45) is 11.8 Å². The Balaban J connectivity index is 1.24. The normalized spacial score (nSPS) is 11.8. The van der Waals surface area contributed by atoms with Crippen LogP contribution in [0.15, 0.2) is 110 Å². The number of aryl methyl sites for hydroxylation is 2. The Morgan fingerprint density at radius 2 is 1.51 bits per heavy atom. The van der Waals surface area contributed by atoms with E-state index in [1.165, 1.54) is 44.2 Å². The van der Waals surface area contributed by atoms with Gasteiger partial charge in [-0.25, -0.2) is 9.67 Å². The Morgan fingerprint density at radius 1 is 0.735 bits per heavy atom. The van der Waals surface area contributed by atoms with Crippen LogP contribution in [-0.2, 0) is 19.3 Å². The fraction of sp³-hybridized carbons (Fsp3) is 0.273. The molecule has 0 spiro atoms. The second-order valence-corrected chi connectivity index (χ2v) is 14.2. The van der Waals surface area contributed by atoms with Crippen LogP contribution in [0.4, 0.5) is 0 Å². The number of nitrogens with zero attached hydrogens (tertiary/aromatic N) is 4. The molecule has 5 heteroatoms. The molecule has 0 saturated heterocycles. The number of pyridine rings is 1. The quantitative estimate of drug-likeness (QED) is 0.140. The molecule has 0 atom stereocenters. The molecular formula is C44H46N4O. The van der Waals surface area contributed by atoms with Gasteiger partial charge in [0, 0.05) is 40.9 Å². The Morgan fingerprint density at radius 3 is 2.31 bits per heavy atom. The van der Waals surface area contributed by atoms with Crippen LogP contribution in [0.1, 0.15) is 63.3 Å². The highest BCUT2D eigenvalue weighted by Gasteiger charge is 2.19. The van der Waals surface area contributed by atoms with Gasteiger partial charge in [-0.15, -0.1) is 0 Å². The van der Waals surface area contributed by atoms with Crippen molar-refractivity contribution in [1.82, 2.24) is 19.3 Å². The zero-order chi connectivity index (χ0) is 34.1. The zero-order valence-electron chi connectivity index (χ0n) is 29.6. The average molecular weight is 647 g/mol. The van der Waals surface area contributed by atoms with E-state index < -0.39 is 0 Å². The van der Waals surface area contributed by atoms with Gasteiger partial charge in [-0.3, -0.25) is 4.57 Å². The van der Waals surface area contributed by atoms with Crippen molar-refractivity contribution < 1.29 is 4.74 Å². The van der Waals surface area contributed by atoms with Crippen molar-refractivity contribution in [3.8, 4) is 34.1 Å². The first kappa shape index (κ1) is 32.4. The van der Waals surface area contributed by atoms with Gasteiger partial charge < -0.3 is 4.74 Å². The first-order valence-electron chi connectivity index (χ1n) is 17.7. The lowest BCUT2D eigenvalue weighted by Gasteiger charge is -2.21. The molecule has 49 heavy (non-hydrogen) atoms. The summed E-state index contributed by atoms with van der Waals surface area (Å²) in [6.45, 7) is 13.6. The minimum absolute atomic E-state index is 0.570. The van der Waals surface area contributed by atoms with Crippen LogP contribution in [0, 0.1) is 18.8 Å². The van der Waals surface area contributed by atoms with Crippen molar-refractivity contribution >= 4 is 21.8 Å². The third-order valence-electron chi connectivity index (χ3n) is 9.22. The number of hydrogen-bond donors (Lipinski definition) is 0. The monoisotopic (exact) mass is 646 g/mol. The van der Waals surface area contributed by atoms with E-state index in [-0.39, 0.29) is 0 Å². The summed E-state index contributed by atoms with van der Waals surface area (Å²) in [5.41, 5.74) is 11.2. The van der Waals surface area contributed by atoms with E-state index in [2.05, 4.69) is 125 Å². The van der Waals surface area contributed by atoms with Gasteiger partial charge in [0.1, 0.15) is 17.3 Å². The molecule has 4 aromatic carbocycles. The Hall–Kier alpha value is -5.16. The first-order valence-corrected chi connectivity index (χ1v) is 17.7. The van der Waals surface area contributed by atoms with Crippen LogP contribution in [0.5, 0.6) is 11.5 Å². The summed E-state index contributed by atoms with van der Waals surface area (Å²) in [6.07, 6.45) is 10.4. The van der Waals surface area contributed by atoms with Crippen molar-refractivity contribution in [2.75, 3.05) is 0 Å². The molecule has 7 aromatic rings. The summed E-state index contributed by atoms with van der Waals surface area (Å²) >= 11 is 0. The van der Waals surface area contributed by atoms with E-state index in [9.17, 15) is 0 Å². The lowest BCUT2D eigenvalue weighted by Crippen LogP contribution is -2.07. The van der Waals surface area contributed by atoms with Gasteiger partial charge in [-0.05, 0) is 108 Å². The van der Waals surface area contributed by atoms with Gasteiger partial charge >= 0.3 is 0 Å². The topological polar surface area (TPSA) is 44.9 Å². The van der Waals surface area contributed by atoms with E-state index in [1.807, 2.05) is 35.3 Å². The fourth-order valence-electron chi connectivity index (χ4n) is 7.18. The molecule has 0 radical (unpaired) electrons. The molecule has 0 bridgehead atoms. The van der Waals surface area contributed by atoms with Gasteiger partial charge in [-0.1, -0.05) is 77.4 Å². The summed E-state index contributed by atoms with van der Waals surface area (Å²) in [5, 5.41) is 7.25. The number of rotatable bonds is 11. The lowest BCUT2D eigenvalue weighted by atomic mass is 9.84. The molecule has 0 saturated carbocycles. The van der Waals surface area contributed by atoms with E-state index in [1.54, 1.807) is 0 Å². The van der Waals surface area contributed by atoms with Crippen LogP contribution < -0.4 is 4.74 Å². The Labute approximate surface area is 290 Å². The van der Waals surface area contributed by atoms with E-state index >= 15 is 0 Å². The highest BCUT2D eigenvalue weighted by atomic mass is 16.5. The molecule has 0 aliphatic rings. The van der Waals surface area contributed by atoms with Crippen molar-refractivity contribution in [3.05, 3.63) is 132 Å². The smallest absolute Gasteiger partial charge is 0.137 e. The highest BCUT2D eigenvalue weighted by Crippen LogP contribution is 2.37. The van der Waals surface area contributed by atoms with Crippen molar-refractivity contribution in [1.29, 1.82) is 0 Å². The van der Waals surface area contributed by atoms with Gasteiger partial charge in [0.15, 0.2) is 0 Å². The van der Waals surface area contributed by atoms with E-state index in [4.69, 9.17) is 14.8 Å². The summed E-state index contributed by atoms with van der Waals surface area (Å²) in [6, 6.07) is 31.9. The summed E-state index contributed by atoms with van der Waals surface area (Å²) in [7, 11) is 0. The maximum Gasteiger partial charge on any atom is 0.137 e. The van der Waals surface area contributed by atoms with Crippen LogP contribution in [0.2, 0.25) is 0 Å². The predicted octanol–water partition coefficient (Wildman–Crippen LogP) is 11.5. The molecular weight excluding hydrogens is 601 g/mol. The van der Waals surface area contributed by atoms with Gasteiger partial charge in [0.05, 0.1) is 22.9 Å². The SMILES string of the molecule is CCCc1ccc(CC(C)C)c(-c2cnn(-c3cccc(Oc4ccc5c6ccccc6n(-c6cc(C)ccn6)c5c4)c3)c2)c1CC(C)C. The van der Waals surface area contributed by atoms with Gasteiger partial charge in [-0.2, -0.15) is 5.10 Å². The Bertz CT molecular complexity index is 2250. The van der Waals surface area contributed by atoms with E-state index in [0.717, 1.165) is 59.7 Å². The van der Waals surface area contributed by atoms with Gasteiger partial charge in [0.2, 0.25) is 0 Å². The third kappa shape index (κ3) is 6.63. The van der Waals surface area contributed by atoms with E-state index in [0.29, 0.717) is 11.8 Å². The Kier molecular flexibility index (Phi) is 9.09. The van der Waals surface area contributed by atoms with Crippen molar-refractivity contribution in [3.63, 3.8) is 0 Å². The molecule has 0 N–H and O–H groups in total. The molecule has 0 unspecified atom stereocenters. The molecule has 7 rings (SSSR count). The summed E-state index contributed by atoms with van der Waals surface area (Å²) < 4.78 is 10.8. The number of hydrogen-bond acceptors (Lipinski definition) is 3. The molecule has 0 aliphatic heterocycles. The van der Waals surface area contributed by atoms with Gasteiger partial charge in [0.25, 0.3) is 0 Å². The predicted molar refractivity (Wildman–Crippen MR) is 203 cm³/mol. The molecule has 0 amide bonds. The third-order valence-corrected chi connectivity index (χ3v) is 9.22. The minimum atomic E-state index is 0.570. The highest BCUT2D eigenvalue weighted by molar-refractivity contribution is 6.09. The van der Waals surface area contributed by atoms with Crippen LogP contribution in [0.25, 0.3) is 44.4 Å². The zero-order valence-corrected chi connectivity index (χ0v) is 29.6. The molecule has 248 valence electrons. The number of benzene rings is 4. The number of aromatic nitrogens is 4. The molecule has 0 fully saturated rings. The summed E-state index contributed by atoms with van der Waals surface area (Å²) in [5.74, 6) is 3.57. The maximum atomic E-state index is 6.54. The average Bonchev–Trinajstić information content (AvgIpc) is 3.69. The largest absolute Gasteiger partial charge is 0.457 e. The minimum Gasteiger partial charge on any atom is -0.457 e. The van der Waals surface area contributed by atoms with Crippen LogP contribution >= 0.6 is 0 Å². The lowest BCUT2D eigenvalue weighted by molar-refractivity contribution is 0.483. The number of ether oxygens (including phenoxy) is 1. The standard InChI is InChI=1S/C44H46N4O/c1-7-11-32-16-17-33(22-29(2)3)44(40(32)23-30(4)5)34-27-46-47(28-34)35-12-10-13-36(25-35)49-37-18-19-39-38-14-8-9-15-41(38)48(42(39)26-37)43-24-31(6)20-21-45-43/h8-10,12-21,24-30H,7,11,22-23H2,1-6H3. The first-order chi connectivity index (χ1) is 23.8. The molecule has 3 aromatic heterocycles. The molecule has 0 aliphatic carbocycles. The fourth-order valence-corrected chi connectivity index (χ4v) is 7.18. The van der Waals surface area contributed by atoms with Crippen molar-refractivity contribution in [2.45, 2.75) is 67.2 Å². The second-order valence-electron chi connectivity index (χ2n) is 14.2. The second kappa shape index (κ2) is 13.8. The summed E-state index contributed by atoms with van der Waals surface area (Å²) in [4.78, 5) is 4.73. The molecule has 3 heterocycles. The van der Waals surface area contributed by atoms with Crippen LogP contribution in [-0.4, -0.2) is 19.3 Å². The van der Waals surface area contributed by atoms with Crippen LogP contribution in [0.3, 0.4) is 0 Å². The molecule has 5 nitrogen and oxygen atoms in total.